The third-order valence-electron chi connectivity index (χ3n) is 2.84. The summed E-state index contributed by atoms with van der Waals surface area (Å²) in [6.07, 6.45) is 0. The molecule has 0 spiro atoms. The van der Waals surface area contributed by atoms with Crippen LogP contribution in [-0.4, -0.2) is 24.4 Å². The summed E-state index contributed by atoms with van der Waals surface area (Å²) in [5.74, 6) is -4.45. The molecule has 2 aromatic rings. The van der Waals surface area contributed by atoms with Gasteiger partial charge in [-0.15, -0.1) is 0 Å². The molecule has 8 heteroatoms. The molecular weight excluding hydrogens is 322 g/mol. The molecular formula is C16H12F2N2O4. The van der Waals surface area contributed by atoms with Gasteiger partial charge in [-0.3, -0.25) is 20.4 Å². The van der Waals surface area contributed by atoms with Gasteiger partial charge in [-0.05, 0) is 24.3 Å². The number of hydrogen-bond acceptors (Lipinski definition) is 4. The van der Waals surface area contributed by atoms with Crippen LogP contribution in [0, 0.1) is 11.6 Å². The number of halogens is 2. The molecule has 24 heavy (non-hydrogen) atoms. The number of hydrogen-bond donors (Lipinski definition) is 2. The van der Waals surface area contributed by atoms with Crippen molar-refractivity contribution in [3.05, 3.63) is 71.3 Å². The maximum atomic E-state index is 13.4. The average molecular weight is 334 g/mol. The SMILES string of the molecule is O=C(COC(=O)c1ccc(F)cc1F)NNC(=O)c1ccccc1. The Hall–Kier alpha value is -3.29. The van der Waals surface area contributed by atoms with E-state index in [0.717, 1.165) is 12.1 Å². The van der Waals surface area contributed by atoms with Crippen molar-refractivity contribution in [1.82, 2.24) is 10.9 Å². The Morgan fingerprint density at radius 2 is 1.67 bits per heavy atom. The zero-order chi connectivity index (χ0) is 17.5. The van der Waals surface area contributed by atoms with Crippen molar-refractivity contribution in [3.63, 3.8) is 0 Å². The van der Waals surface area contributed by atoms with Gasteiger partial charge in [-0.1, -0.05) is 18.2 Å². The second kappa shape index (κ2) is 7.82. The van der Waals surface area contributed by atoms with E-state index < -0.39 is 41.6 Å². The molecule has 0 bridgehead atoms. The second-order valence-corrected chi connectivity index (χ2v) is 4.57. The van der Waals surface area contributed by atoms with Crippen LogP contribution in [0.4, 0.5) is 8.78 Å². The largest absolute Gasteiger partial charge is 0.452 e. The van der Waals surface area contributed by atoms with Crippen molar-refractivity contribution in [3.8, 4) is 0 Å². The standard InChI is InChI=1S/C16H12F2N2O4/c17-11-6-7-12(13(18)8-11)16(23)24-9-14(21)19-20-15(22)10-4-2-1-3-5-10/h1-8H,9H2,(H,19,21)(H,20,22). The van der Waals surface area contributed by atoms with Crippen molar-refractivity contribution in [2.75, 3.05) is 6.61 Å². The van der Waals surface area contributed by atoms with E-state index in [1.807, 2.05) is 5.43 Å². The van der Waals surface area contributed by atoms with Crippen LogP contribution in [0.15, 0.2) is 48.5 Å². The minimum absolute atomic E-state index is 0.322. The van der Waals surface area contributed by atoms with Gasteiger partial charge >= 0.3 is 5.97 Å². The van der Waals surface area contributed by atoms with Gasteiger partial charge in [0.2, 0.25) is 0 Å². The highest BCUT2D eigenvalue weighted by molar-refractivity contribution is 5.96. The molecule has 2 aromatic carbocycles. The number of ether oxygens (including phenoxy) is 1. The molecule has 2 N–H and O–H groups in total. The van der Waals surface area contributed by atoms with Crippen LogP contribution in [0.25, 0.3) is 0 Å². The summed E-state index contributed by atoms with van der Waals surface area (Å²) in [6, 6.07) is 10.4. The Balaban J connectivity index is 1.80. The number of rotatable bonds is 4. The van der Waals surface area contributed by atoms with Crippen LogP contribution in [0.1, 0.15) is 20.7 Å². The van der Waals surface area contributed by atoms with Gasteiger partial charge in [-0.25, -0.2) is 13.6 Å². The van der Waals surface area contributed by atoms with Gasteiger partial charge in [0.1, 0.15) is 11.6 Å². The first-order valence-electron chi connectivity index (χ1n) is 6.74. The van der Waals surface area contributed by atoms with Crippen LogP contribution >= 0.6 is 0 Å². The lowest BCUT2D eigenvalue weighted by Crippen LogP contribution is -2.43. The van der Waals surface area contributed by atoms with E-state index in [0.29, 0.717) is 11.6 Å². The minimum atomic E-state index is -1.13. The smallest absolute Gasteiger partial charge is 0.341 e. The average Bonchev–Trinajstić information content (AvgIpc) is 2.58. The van der Waals surface area contributed by atoms with E-state index >= 15 is 0 Å². The molecule has 0 radical (unpaired) electrons. The Morgan fingerprint density at radius 3 is 2.33 bits per heavy atom. The molecule has 0 saturated carbocycles. The van der Waals surface area contributed by atoms with Crippen molar-refractivity contribution in [2.45, 2.75) is 0 Å². The zero-order valence-electron chi connectivity index (χ0n) is 12.2. The number of hydrazine groups is 1. The molecule has 0 aromatic heterocycles. The molecule has 2 rings (SSSR count). The van der Waals surface area contributed by atoms with Crippen LogP contribution in [-0.2, 0) is 9.53 Å². The van der Waals surface area contributed by atoms with Gasteiger partial charge < -0.3 is 4.74 Å². The van der Waals surface area contributed by atoms with Crippen molar-refractivity contribution < 1.29 is 27.9 Å². The van der Waals surface area contributed by atoms with E-state index in [1.54, 1.807) is 30.3 Å². The first-order chi connectivity index (χ1) is 11.5. The van der Waals surface area contributed by atoms with E-state index in [2.05, 4.69) is 10.2 Å². The summed E-state index contributed by atoms with van der Waals surface area (Å²) in [5.41, 5.74) is 3.99. The Kier molecular flexibility index (Phi) is 5.56. The molecule has 0 unspecified atom stereocenters. The van der Waals surface area contributed by atoms with Crippen LogP contribution in [0.2, 0.25) is 0 Å². The fraction of sp³-hybridized carbons (Fsp3) is 0.0625. The molecule has 0 fully saturated rings. The highest BCUT2D eigenvalue weighted by Crippen LogP contribution is 2.10. The summed E-state index contributed by atoms with van der Waals surface area (Å²) in [6.45, 7) is -0.745. The third kappa shape index (κ3) is 4.60. The number of amides is 2. The van der Waals surface area contributed by atoms with E-state index in [9.17, 15) is 23.2 Å². The fourth-order valence-corrected chi connectivity index (χ4v) is 1.69. The Bertz CT molecular complexity index is 766. The monoisotopic (exact) mass is 334 g/mol. The molecule has 0 aliphatic rings. The Labute approximate surface area is 135 Å². The van der Waals surface area contributed by atoms with Crippen molar-refractivity contribution >= 4 is 17.8 Å². The summed E-state index contributed by atoms with van der Waals surface area (Å²) in [4.78, 5) is 34.8. The Morgan fingerprint density at radius 1 is 0.958 bits per heavy atom. The number of nitrogens with one attached hydrogen (secondary N) is 2. The van der Waals surface area contributed by atoms with Crippen LogP contribution in [0.3, 0.4) is 0 Å². The van der Waals surface area contributed by atoms with Gasteiger partial charge in [0.15, 0.2) is 6.61 Å². The molecule has 0 atom stereocenters. The predicted molar refractivity (Wildman–Crippen MR) is 78.7 cm³/mol. The normalized spacial score (nSPS) is 9.92. The summed E-state index contributed by atoms with van der Waals surface area (Å²) in [7, 11) is 0. The quantitative estimate of drug-likeness (QED) is 0.657. The first-order valence-corrected chi connectivity index (χ1v) is 6.74. The van der Waals surface area contributed by atoms with Gasteiger partial charge in [0, 0.05) is 11.6 Å². The zero-order valence-corrected chi connectivity index (χ0v) is 12.2. The summed E-state index contributed by atoms with van der Waals surface area (Å²) in [5, 5.41) is 0. The number of carbonyl (C=O) groups excluding carboxylic acids is 3. The second-order valence-electron chi connectivity index (χ2n) is 4.57. The third-order valence-corrected chi connectivity index (χ3v) is 2.84. The fourth-order valence-electron chi connectivity index (χ4n) is 1.69. The maximum absolute atomic E-state index is 13.4. The van der Waals surface area contributed by atoms with Crippen molar-refractivity contribution in [1.29, 1.82) is 0 Å². The summed E-state index contributed by atoms with van der Waals surface area (Å²) < 4.78 is 30.7. The van der Waals surface area contributed by atoms with Crippen LogP contribution < -0.4 is 10.9 Å². The first kappa shape index (κ1) is 17.1. The molecule has 0 heterocycles. The lowest BCUT2D eigenvalue weighted by atomic mass is 10.2. The number of esters is 1. The van der Waals surface area contributed by atoms with E-state index in [1.165, 1.54) is 0 Å². The number of carbonyl (C=O) groups is 3. The lowest BCUT2D eigenvalue weighted by molar-refractivity contribution is -0.125. The van der Waals surface area contributed by atoms with Crippen molar-refractivity contribution in [2.24, 2.45) is 0 Å². The number of benzene rings is 2. The molecule has 124 valence electrons. The van der Waals surface area contributed by atoms with E-state index in [-0.39, 0.29) is 0 Å². The van der Waals surface area contributed by atoms with E-state index in [4.69, 9.17) is 0 Å². The topological polar surface area (TPSA) is 84.5 Å². The minimum Gasteiger partial charge on any atom is -0.452 e. The highest BCUT2D eigenvalue weighted by Gasteiger charge is 2.15. The molecule has 0 aliphatic heterocycles. The predicted octanol–water partition coefficient (Wildman–Crippen LogP) is 1.58. The van der Waals surface area contributed by atoms with Gasteiger partial charge in [-0.2, -0.15) is 0 Å². The molecule has 0 aliphatic carbocycles. The maximum Gasteiger partial charge on any atom is 0.341 e. The van der Waals surface area contributed by atoms with Crippen LogP contribution in [0.5, 0.6) is 0 Å². The molecule has 0 saturated heterocycles. The highest BCUT2D eigenvalue weighted by atomic mass is 19.1. The van der Waals surface area contributed by atoms with Gasteiger partial charge in [0.05, 0.1) is 5.56 Å². The molecule has 2 amide bonds. The summed E-state index contributed by atoms with van der Waals surface area (Å²) >= 11 is 0. The van der Waals surface area contributed by atoms with Gasteiger partial charge in [0.25, 0.3) is 11.8 Å². The lowest BCUT2D eigenvalue weighted by Gasteiger charge is -2.08. The molecule has 6 nitrogen and oxygen atoms in total.